The van der Waals surface area contributed by atoms with Crippen LogP contribution in [-0.4, -0.2) is 40.5 Å². The first kappa shape index (κ1) is 21.4. The maximum Gasteiger partial charge on any atom is 0.263 e. The number of methoxy groups -OCH3 is 2. The van der Waals surface area contributed by atoms with Crippen LogP contribution in [0.2, 0.25) is 0 Å². The number of para-hydroxylation sites is 2. The molecule has 0 aliphatic rings. The zero-order chi connectivity index (χ0) is 22.7. The molecule has 0 radical (unpaired) electrons. The lowest BCUT2D eigenvalue weighted by Crippen LogP contribution is -2.16. The molecule has 4 aromatic rings. The molecule has 0 aliphatic carbocycles. The summed E-state index contributed by atoms with van der Waals surface area (Å²) in [6.45, 7) is 0. The molecule has 0 unspecified atom stereocenters. The summed E-state index contributed by atoms with van der Waals surface area (Å²) in [6, 6.07) is 19.0. The predicted octanol–water partition coefficient (Wildman–Crippen LogP) is 2.45. The highest BCUT2D eigenvalue weighted by Gasteiger charge is 2.19. The third kappa shape index (κ3) is 4.60. The molecule has 0 fully saturated rings. The Balaban J connectivity index is 1.78. The molecule has 1 aromatic heterocycles. The summed E-state index contributed by atoms with van der Waals surface area (Å²) >= 11 is 0. The van der Waals surface area contributed by atoms with Gasteiger partial charge < -0.3 is 14.8 Å². The fraction of sp³-hybridized carbons (Fsp3) is 0.0909. The third-order valence-corrected chi connectivity index (χ3v) is 6.10. The fourth-order valence-corrected chi connectivity index (χ4v) is 4.09. The van der Waals surface area contributed by atoms with E-state index in [9.17, 15) is 8.42 Å². The molecule has 4 rings (SSSR count). The van der Waals surface area contributed by atoms with E-state index < -0.39 is 10.0 Å². The van der Waals surface area contributed by atoms with Crippen molar-refractivity contribution in [1.29, 1.82) is 0 Å². The summed E-state index contributed by atoms with van der Waals surface area (Å²) in [4.78, 5) is 9.23. The van der Waals surface area contributed by atoms with Crippen LogP contribution in [0.1, 0.15) is 0 Å². The number of sulfonamides is 1. The van der Waals surface area contributed by atoms with Gasteiger partial charge in [0.25, 0.3) is 10.0 Å². The number of fused-ring (bicyclic) bond motifs is 1. The summed E-state index contributed by atoms with van der Waals surface area (Å²) in [6.07, 6.45) is 0. The van der Waals surface area contributed by atoms with E-state index in [0.29, 0.717) is 28.2 Å². The number of ether oxygens (including phenoxy) is 2. The normalized spacial score (nSPS) is 11.2. The highest BCUT2D eigenvalue weighted by atomic mass is 32.2. The number of rotatable bonds is 7. The molecule has 1 heterocycles. The number of nitrogens with zero attached hydrogens (tertiary/aromatic N) is 2. The molecule has 3 aromatic carbocycles. The molecule has 0 saturated heterocycles. The quantitative estimate of drug-likeness (QED) is 0.419. The Morgan fingerprint density at radius 1 is 0.812 bits per heavy atom. The standard InChI is InChI=1S/C22H21BN4O4S/c1-30-16-11-15(12-17(13-16)31-2)24-21-22(26-20-6-4-3-5-19(20)25-21)27-32(28,29)18-9-7-14(23)8-10-18/h3-13H,23H2,1-2H3,(H,24,25)(H,26,27). The van der Waals surface area contributed by atoms with Gasteiger partial charge in [0.15, 0.2) is 11.6 Å². The van der Waals surface area contributed by atoms with E-state index >= 15 is 0 Å². The molecule has 162 valence electrons. The molecular weight excluding hydrogens is 427 g/mol. The molecular formula is C22H21BN4O4S. The van der Waals surface area contributed by atoms with Crippen molar-refractivity contribution in [3.63, 3.8) is 0 Å². The number of benzene rings is 3. The van der Waals surface area contributed by atoms with Crippen molar-refractivity contribution < 1.29 is 17.9 Å². The predicted molar refractivity (Wildman–Crippen MR) is 128 cm³/mol. The van der Waals surface area contributed by atoms with E-state index in [2.05, 4.69) is 20.0 Å². The minimum absolute atomic E-state index is 0.0751. The lowest BCUT2D eigenvalue weighted by molar-refractivity contribution is 0.395. The first-order valence-corrected chi connectivity index (χ1v) is 11.2. The minimum atomic E-state index is -3.88. The molecule has 2 N–H and O–H groups in total. The van der Waals surface area contributed by atoms with Crippen LogP contribution < -0.4 is 25.0 Å². The maximum absolute atomic E-state index is 13.0. The fourth-order valence-electron chi connectivity index (χ4n) is 3.08. The van der Waals surface area contributed by atoms with Crippen LogP contribution in [0.5, 0.6) is 11.5 Å². The van der Waals surface area contributed by atoms with Crippen LogP contribution in [0.4, 0.5) is 17.3 Å². The van der Waals surface area contributed by atoms with Crippen LogP contribution in [-0.2, 0) is 10.0 Å². The molecule has 0 atom stereocenters. The van der Waals surface area contributed by atoms with Crippen molar-refractivity contribution in [2.45, 2.75) is 4.90 Å². The summed E-state index contributed by atoms with van der Waals surface area (Å²) in [7, 11) is 1.11. The van der Waals surface area contributed by atoms with Crippen molar-refractivity contribution in [1.82, 2.24) is 9.97 Å². The Kier molecular flexibility index (Phi) is 5.87. The number of hydrogen-bond acceptors (Lipinski definition) is 7. The van der Waals surface area contributed by atoms with Gasteiger partial charge in [0.2, 0.25) is 0 Å². The Labute approximate surface area is 187 Å². The van der Waals surface area contributed by atoms with E-state index in [1.165, 1.54) is 0 Å². The summed E-state index contributed by atoms with van der Waals surface area (Å²) in [5.41, 5.74) is 2.73. The maximum atomic E-state index is 13.0. The average molecular weight is 448 g/mol. The lowest BCUT2D eigenvalue weighted by atomic mass is 9.97. The zero-order valence-corrected chi connectivity index (χ0v) is 18.6. The third-order valence-electron chi connectivity index (χ3n) is 4.75. The molecule has 10 heteroatoms. The molecule has 32 heavy (non-hydrogen) atoms. The van der Waals surface area contributed by atoms with E-state index in [0.717, 1.165) is 5.46 Å². The number of nitrogens with one attached hydrogen (secondary N) is 2. The van der Waals surface area contributed by atoms with Gasteiger partial charge >= 0.3 is 0 Å². The van der Waals surface area contributed by atoms with Crippen molar-refractivity contribution in [3.05, 3.63) is 66.7 Å². The van der Waals surface area contributed by atoms with Gasteiger partial charge in [-0.2, -0.15) is 0 Å². The Morgan fingerprint density at radius 3 is 1.94 bits per heavy atom. The van der Waals surface area contributed by atoms with Crippen molar-refractivity contribution in [2.75, 3.05) is 24.3 Å². The van der Waals surface area contributed by atoms with Crippen LogP contribution >= 0.6 is 0 Å². The monoisotopic (exact) mass is 448 g/mol. The van der Waals surface area contributed by atoms with Gasteiger partial charge in [-0.25, -0.2) is 18.4 Å². The summed E-state index contributed by atoms with van der Waals surface area (Å²) in [5, 5.41) is 3.14. The lowest BCUT2D eigenvalue weighted by Gasteiger charge is -2.15. The van der Waals surface area contributed by atoms with Gasteiger partial charge in [0.1, 0.15) is 19.3 Å². The summed E-state index contributed by atoms with van der Waals surface area (Å²) in [5.74, 6) is 1.46. The Hall–Kier alpha value is -3.79. The largest absolute Gasteiger partial charge is 0.497 e. The topological polar surface area (TPSA) is 102 Å². The zero-order valence-electron chi connectivity index (χ0n) is 17.8. The number of aromatic nitrogens is 2. The number of hydrogen-bond donors (Lipinski definition) is 2. The van der Waals surface area contributed by atoms with Gasteiger partial charge in [0.05, 0.1) is 30.1 Å². The molecule has 0 aliphatic heterocycles. The van der Waals surface area contributed by atoms with Crippen LogP contribution in [0.15, 0.2) is 71.6 Å². The van der Waals surface area contributed by atoms with Crippen molar-refractivity contribution in [3.8, 4) is 11.5 Å². The minimum Gasteiger partial charge on any atom is -0.497 e. The van der Waals surface area contributed by atoms with Crippen LogP contribution in [0.25, 0.3) is 11.0 Å². The van der Waals surface area contributed by atoms with Crippen LogP contribution in [0.3, 0.4) is 0 Å². The second-order valence-corrected chi connectivity index (χ2v) is 8.74. The Bertz CT molecular complexity index is 1360. The van der Waals surface area contributed by atoms with Gasteiger partial charge in [-0.05, 0) is 24.3 Å². The average Bonchev–Trinajstić information content (AvgIpc) is 2.79. The SMILES string of the molecule is Bc1ccc(S(=O)(=O)Nc2nc3ccccc3nc2Nc2cc(OC)cc(OC)c2)cc1. The molecule has 0 saturated carbocycles. The highest BCUT2D eigenvalue weighted by molar-refractivity contribution is 7.92. The van der Waals surface area contributed by atoms with E-state index in [1.54, 1.807) is 68.8 Å². The summed E-state index contributed by atoms with van der Waals surface area (Å²) < 4.78 is 39.2. The highest BCUT2D eigenvalue weighted by Crippen LogP contribution is 2.31. The molecule has 8 nitrogen and oxygen atoms in total. The Morgan fingerprint density at radius 2 is 1.38 bits per heavy atom. The molecule has 0 bridgehead atoms. The number of anilines is 3. The smallest absolute Gasteiger partial charge is 0.263 e. The van der Waals surface area contributed by atoms with Crippen molar-refractivity contribution in [2.24, 2.45) is 0 Å². The first-order chi connectivity index (χ1) is 15.4. The van der Waals surface area contributed by atoms with Gasteiger partial charge in [-0.1, -0.05) is 29.7 Å². The van der Waals surface area contributed by atoms with E-state index in [-0.39, 0.29) is 16.5 Å². The van der Waals surface area contributed by atoms with Crippen molar-refractivity contribution >= 4 is 51.7 Å². The first-order valence-electron chi connectivity index (χ1n) is 9.74. The van der Waals surface area contributed by atoms with Crippen LogP contribution in [0, 0.1) is 0 Å². The molecule has 0 amide bonds. The van der Waals surface area contributed by atoms with Gasteiger partial charge in [-0.3, -0.25) is 4.72 Å². The van der Waals surface area contributed by atoms with Gasteiger partial charge in [-0.15, -0.1) is 0 Å². The van der Waals surface area contributed by atoms with Gasteiger partial charge in [0, 0.05) is 23.9 Å². The van der Waals surface area contributed by atoms with E-state index in [1.807, 2.05) is 20.0 Å². The second kappa shape index (κ2) is 8.76. The van der Waals surface area contributed by atoms with E-state index in [4.69, 9.17) is 9.47 Å². The second-order valence-electron chi connectivity index (χ2n) is 7.05. The molecule has 0 spiro atoms.